The van der Waals surface area contributed by atoms with Gasteiger partial charge in [-0.1, -0.05) is 51.1 Å². The molecule has 1 saturated heterocycles. The average Bonchev–Trinajstić information content (AvgIpc) is 3.65. The SMILES string of the molecule is COC(=O)N/C(=C/[C@@H](OC(C)=O)[C@H](O[Si](C)(C)C(C)(C)C)[C@@H]1CN1C(=O)OCc1ccccc1)C(=O)OC. The highest BCUT2D eigenvalue weighted by Crippen LogP contribution is 2.40. The van der Waals surface area contributed by atoms with Crippen LogP contribution in [0.3, 0.4) is 0 Å². The molecular formula is C26H38N2O9Si. The number of benzene rings is 1. The first kappa shape index (κ1) is 30.8. The van der Waals surface area contributed by atoms with Gasteiger partial charge in [0.1, 0.15) is 24.5 Å². The zero-order chi connectivity index (χ0) is 28.7. The van der Waals surface area contributed by atoms with Gasteiger partial charge in [0.15, 0.2) is 8.32 Å². The smallest absolute Gasteiger partial charge is 0.411 e. The molecule has 1 N–H and O–H groups in total. The molecule has 0 aliphatic carbocycles. The van der Waals surface area contributed by atoms with Gasteiger partial charge in [0.25, 0.3) is 0 Å². The molecule has 1 aromatic rings. The van der Waals surface area contributed by atoms with Crippen molar-refractivity contribution in [3.05, 3.63) is 47.7 Å². The lowest BCUT2D eigenvalue weighted by molar-refractivity contribution is -0.149. The molecule has 11 nitrogen and oxygen atoms in total. The number of hydrogen-bond donors (Lipinski definition) is 1. The van der Waals surface area contributed by atoms with Crippen molar-refractivity contribution in [3.8, 4) is 0 Å². The molecule has 210 valence electrons. The molecule has 2 rings (SSSR count). The van der Waals surface area contributed by atoms with E-state index >= 15 is 0 Å². The Labute approximate surface area is 224 Å². The van der Waals surface area contributed by atoms with Crippen molar-refractivity contribution < 1.29 is 42.6 Å². The van der Waals surface area contributed by atoms with Crippen molar-refractivity contribution in [1.29, 1.82) is 0 Å². The minimum absolute atomic E-state index is 0.0967. The van der Waals surface area contributed by atoms with Crippen molar-refractivity contribution in [2.45, 2.75) is 70.7 Å². The van der Waals surface area contributed by atoms with E-state index in [1.807, 2.05) is 64.2 Å². The molecule has 0 unspecified atom stereocenters. The van der Waals surface area contributed by atoms with Gasteiger partial charge in [0.2, 0.25) is 0 Å². The van der Waals surface area contributed by atoms with Crippen molar-refractivity contribution in [3.63, 3.8) is 0 Å². The summed E-state index contributed by atoms with van der Waals surface area (Å²) in [6, 6.07) is 8.76. The van der Waals surface area contributed by atoms with Crippen LogP contribution in [0.1, 0.15) is 33.3 Å². The van der Waals surface area contributed by atoms with Crippen LogP contribution in [0.5, 0.6) is 0 Å². The maximum Gasteiger partial charge on any atom is 0.411 e. The van der Waals surface area contributed by atoms with Crippen LogP contribution >= 0.6 is 0 Å². The van der Waals surface area contributed by atoms with E-state index in [0.29, 0.717) is 0 Å². The maximum absolute atomic E-state index is 12.9. The number of nitrogens with zero attached hydrogens (tertiary/aromatic N) is 1. The Balaban J connectivity index is 2.40. The molecular weight excluding hydrogens is 512 g/mol. The third kappa shape index (κ3) is 8.59. The molecule has 3 atom stereocenters. The van der Waals surface area contributed by atoms with E-state index in [1.54, 1.807) is 0 Å². The Kier molecular flexibility index (Phi) is 10.5. The number of carbonyl (C=O) groups excluding carboxylic acids is 4. The molecule has 0 radical (unpaired) electrons. The number of ether oxygens (including phenoxy) is 4. The number of amides is 2. The third-order valence-corrected chi connectivity index (χ3v) is 11.0. The average molecular weight is 551 g/mol. The lowest BCUT2D eigenvalue weighted by atomic mass is 10.1. The summed E-state index contributed by atoms with van der Waals surface area (Å²) in [6.45, 7) is 11.8. The van der Waals surface area contributed by atoms with Gasteiger partial charge in [-0.15, -0.1) is 0 Å². The van der Waals surface area contributed by atoms with Crippen LogP contribution in [0.4, 0.5) is 9.59 Å². The lowest BCUT2D eigenvalue weighted by Crippen LogP contribution is -2.50. The van der Waals surface area contributed by atoms with Crippen LogP contribution in [0.15, 0.2) is 42.1 Å². The van der Waals surface area contributed by atoms with Gasteiger partial charge in [-0.05, 0) is 29.8 Å². The van der Waals surface area contributed by atoms with Crippen molar-refractivity contribution >= 4 is 32.4 Å². The zero-order valence-electron chi connectivity index (χ0n) is 23.2. The molecule has 1 fully saturated rings. The number of alkyl carbamates (subject to hydrolysis) is 1. The van der Waals surface area contributed by atoms with Gasteiger partial charge in [-0.25, -0.2) is 14.4 Å². The summed E-state index contributed by atoms with van der Waals surface area (Å²) in [5.41, 5.74) is 0.541. The molecule has 1 aliphatic heterocycles. The van der Waals surface area contributed by atoms with Crippen LogP contribution in [0, 0.1) is 0 Å². The predicted octanol–water partition coefficient (Wildman–Crippen LogP) is 3.74. The molecule has 1 aliphatic rings. The van der Waals surface area contributed by atoms with Gasteiger partial charge in [0.05, 0.1) is 20.3 Å². The molecule has 0 spiro atoms. The number of rotatable bonds is 10. The maximum atomic E-state index is 12.9. The van der Waals surface area contributed by atoms with Gasteiger partial charge in [-0.2, -0.15) is 0 Å². The highest BCUT2D eigenvalue weighted by atomic mass is 28.4. The molecule has 12 heteroatoms. The minimum Gasteiger partial charge on any atom is -0.464 e. The van der Waals surface area contributed by atoms with Crippen LogP contribution in [-0.2, 0) is 39.6 Å². The standard InChI is InChI=1S/C26H38N2O9Si/c1-17(29)36-21(14-19(23(30)33-5)27-24(31)34-6)22(37-38(7,8)26(2,3)4)20-15-28(20)25(32)35-16-18-12-10-9-11-13-18/h9-14,20-22H,15-16H2,1-8H3,(H,27,31)/b19-14+/t20-,21+,22+,28?/m0/s1. The predicted molar refractivity (Wildman–Crippen MR) is 140 cm³/mol. The zero-order valence-corrected chi connectivity index (χ0v) is 24.2. The summed E-state index contributed by atoms with van der Waals surface area (Å²) in [5.74, 6) is -1.52. The Morgan fingerprint density at radius 3 is 2.26 bits per heavy atom. The third-order valence-electron chi connectivity index (χ3n) is 6.49. The Hall–Kier alpha value is -3.38. The minimum atomic E-state index is -2.49. The molecule has 0 bridgehead atoms. The highest BCUT2D eigenvalue weighted by molar-refractivity contribution is 6.74. The Morgan fingerprint density at radius 2 is 1.74 bits per heavy atom. The summed E-state index contributed by atoms with van der Waals surface area (Å²) < 4.78 is 27.1. The second-order valence-corrected chi connectivity index (χ2v) is 15.1. The normalized spacial score (nSPS) is 17.1. The first-order chi connectivity index (χ1) is 17.7. The fraction of sp³-hybridized carbons (Fsp3) is 0.538. The van der Waals surface area contributed by atoms with Crippen LogP contribution in [0.2, 0.25) is 18.1 Å². The number of nitrogens with one attached hydrogen (secondary N) is 1. The largest absolute Gasteiger partial charge is 0.464 e. The number of esters is 2. The van der Waals surface area contributed by atoms with E-state index in [0.717, 1.165) is 19.8 Å². The van der Waals surface area contributed by atoms with Crippen molar-refractivity contribution in [2.24, 2.45) is 0 Å². The summed E-state index contributed by atoms with van der Waals surface area (Å²) in [6.07, 6.45) is -2.22. The Morgan fingerprint density at radius 1 is 1.11 bits per heavy atom. The van der Waals surface area contributed by atoms with Gasteiger partial charge < -0.3 is 23.4 Å². The fourth-order valence-corrected chi connectivity index (χ4v) is 4.64. The second-order valence-electron chi connectivity index (χ2n) is 10.4. The van der Waals surface area contributed by atoms with E-state index in [9.17, 15) is 19.2 Å². The molecule has 38 heavy (non-hydrogen) atoms. The summed E-state index contributed by atoms with van der Waals surface area (Å²) in [5, 5.41) is 2.06. The lowest BCUT2D eigenvalue weighted by Gasteiger charge is -2.40. The topological polar surface area (TPSA) is 129 Å². The van der Waals surface area contributed by atoms with E-state index in [2.05, 4.69) is 10.1 Å². The number of carbonyl (C=O) groups is 4. The molecule has 2 amide bonds. The van der Waals surface area contributed by atoms with Gasteiger partial charge in [-0.3, -0.25) is 15.0 Å². The van der Waals surface area contributed by atoms with Crippen molar-refractivity contribution in [1.82, 2.24) is 10.2 Å². The fourth-order valence-electron chi connectivity index (χ4n) is 3.31. The molecule has 1 heterocycles. The molecule has 1 aromatic carbocycles. The van der Waals surface area contributed by atoms with E-state index < -0.39 is 50.7 Å². The second kappa shape index (κ2) is 12.9. The van der Waals surface area contributed by atoms with E-state index in [-0.39, 0.29) is 23.9 Å². The van der Waals surface area contributed by atoms with Crippen LogP contribution in [-0.4, -0.2) is 76.4 Å². The summed E-state index contributed by atoms with van der Waals surface area (Å²) >= 11 is 0. The first-order valence-corrected chi connectivity index (χ1v) is 15.1. The molecule has 0 saturated carbocycles. The van der Waals surface area contributed by atoms with Crippen LogP contribution in [0.25, 0.3) is 0 Å². The van der Waals surface area contributed by atoms with E-state index in [1.165, 1.54) is 17.9 Å². The monoisotopic (exact) mass is 550 g/mol. The molecule has 0 aromatic heterocycles. The van der Waals surface area contributed by atoms with Gasteiger partial charge >= 0.3 is 24.1 Å². The quantitative estimate of drug-likeness (QED) is 0.152. The highest BCUT2D eigenvalue weighted by Gasteiger charge is 2.53. The van der Waals surface area contributed by atoms with Crippen LogP contribution < -0.4 is 5.32 Å². The number of hydrogen-bond acceptors (Lipinski definition) is 9. The van der Waals surface area contributed by atoms with E-state index in [4.69, 9.17) is 18.6 Å². The first-order valence-electron chi connectivity index (χ1n) is 12.2. The summed E-state index contributed by atoms with van der Waals surface area (Å²) in [4.78, 5) is 50.7. The van der Waals surface area contributed by atoms with Crippen molar-refractivity contribution in [2.75, 3.05) is 20.8 Å². The number of methoxy groups -OCH3 is 2. The van der Waals surface area contributed by atoms with Gasteiger partial charge in [0, 0.05) is 13.5 Å². The summed E-state index contributed by atoms with van der Waals surface area (Å²) in [7, 11) is -0.210. The Bertz CT molecular complexity index is 1040.